The van der Waals surface area contributed by atoms with Crippen LogP contribution in [0.4, 0.5) is 10.6 Å². The molecule has 0 aliphatic carbocycles. The minimum absolute atomic E-state index is 0.173. The molecule has 0 spiro atoms. The fourth-order valence-electron chi connectivity index (χ4n) is 4.02. The van der Waals surface area contributed by atoms with Crippen LogP contribution in [0.2, 0.25) is 0 Å². The normalized spacial score (nSPS) is 15.2. The lowest BCUT2D eigenvalue weighted by molar-refractivity contribution is -0.125. The summed E-state index contributed by atoms with van der Waals surface area (Å²) in [6.45, 7) is 2.53. The van der Waals surface area contributed by atoms with E-state index in [4.69, 9.17) is 9.52 Å². The smallest absolute Gasteiger partial charge is 0.404 e. The van der Waals surface area contributed by atoms with Crippen LogP contribution in [0.15, 0.2) is 47.0 Å². The first kappa shape index (κ1) is 23.0. The molecule has 4 rings (SSSR count). The molecule has 3 N–H and O–H groups in total. The highest BCUT2D eigenvalue weighted by atomic mass is 16.4. The molecule has 0 saturated heterocycles. The summed E-state index contributed by atoms with van der Waals surface area (Å²) >= 11 is 0. The Morgan fingerprint density at radius 2 is 2.15 bits per heavy atom. The van der Waals surface area contributed by atoms with Gasteiger partial charge in [0.15, 0.2) is 0 Å². The van der Waals surface area contributed by atoms with Crippen molar-refractivity contribution in [2.75, 3.05) is 18.9 Å². The zero-order valence-corrected chi connectivity index (χ0v) is 19.0. The number of nitrogens with zero attached hydrogens (tertiary/aromatic N) is 2. The Bertz CT molecular complexity index is 1280. The molecular formula is C25H26N4O5. The maximum atomic E-state index is 12.7. The lowest BCUT2D eigenvalue weighted by atomic mass is 9.91. The SMILES string of the molecule is Cc1c(CN(C)C(=O)/C=C/c2cnc3c(c2)CC(CCNC(=O)O)C(=O)N3)oc2ccccc12. The van der Waals surface area contributed by atoms with Crippen LogP contribution < -0.4 is 10.6 Å². The molecule has 2 aromatic heterocycles. The molecule has 176 valence electrons. The number of aryl methyl sites for hydroxylation is 1. The minimum Gasteiger partial charge on any atom is -0.465 e. The van der Waals surface area contributed by atoms with E-state index in [1.54, 1.807) is 24.2 Å². The number of amides is 3. The second-order valence-electron chi connectivity index (χ2n) is 8.36. The number of nitrogens with one attached hydrogen (secondary N) is 2. The van der Waals surface area contributed by atoms with E-state index in [2.05, 4.69) is 15.6 Å². The van der Waals surface area contributed by atoms with Crippen LogP contribution in [0.5, 0.6) is 0 Å². The first-order valence-corrected chi connectivity index (χ1v) is 11.0. The quantitative estimate of drug-likeness (QED) is 0.461. The summed E-state index contributed by atoms with van der Waals surface area (Å²) in [7, 11) is 1.72. The lowest BCUT2D eigenvalue weighted by Crippen LogP contribution is -2.34. The minimum atomic E-state index is -1.11. The van der Waals surface area contributed by atoms with Gasteiger partial charge in [-0.25, -0.2) is 9.78 Å². The molecule has 9 heteroatoms. The highest BCUT2D eigenvalue weighted by molar-refractivity contribution is 5.95. The van der Waals surface area contributed by atoms with Crippen molar-refractivity contribution >= 4 is 40.8 Å². The Kier molecular flexibility index (Phi) is 6.62. The number of hydrogen-bond acceptors (Lipinski definition) is 5. The van der Waals surface area contributed by atoms with Gasteiger partial charge in [0.1, 0.15) is 17.2 Å². The molecule has 1 aliphatic rings. The van der Waals surface area contributed by atoms with E-state index in [1.807, 2.05) is 37.3 Å². The van der Waals surface area contributed by atoms with E-state index in [-0.39, 0.29) is 24.3 Å². The second kappa shape index (κ2) is 9.78. The summed E-state index contributed by atoms with van der Waals surface area (Å²) in [4.78, 5) is 41.4. The standard InChI is InChI=1S/C25H26N4O5/c1-15-19-5-3-4-6-20(19)34-21(15)14-29(2)22(30)8-7-16-11-18-12-17(9-10-26-25(32)33)24(31)28-23(18)27-13-16/h3-8,11,13,17,26H,9-10,12,14H2,1-2H3,(H,32,33)(H,27,28,31)/b8-7+. The van der Waals surface area contributed by atoms with Crippen molar-refractivity contribution in [2.24, 2.45) is 5.92 Å². The molecule has 0 bridgehead atoms. The van der Waals surface area contributed by atoms with Crippen molar-refractivity contribution in [3.05, 3.63) is 65.1 Å². The average Bonchev–Trinajstić information content (AvgIpc) is 3.12. The van der Waals surface area contributed by atoms with Gasteiger partial charge in [0.2, 0.25) is 11.8 Å². The van der Waals surface area contributed by atoms with Gasteiger partial charge in [0.25, 0.3) is 0 Å². The summed E-state index contributed by atoms with van der Waals surface area (Å²) in [6, 6.07) is 9.66. The number of para-hydroxylation sites is 1. The molecule has 0 fully saturated rings. The first-order chi connectivity index (χ1) is 16.3. The third-order valence-corrected chi connectivity index (χ3v) is 5.95. The van der Waals surface area contributed by atoms with Crippen molar-refractivity contribution in [1.82, 2.24) is 15.2 Å². The van der Waals surface area contributed by atoms with Gasteiger partial charge < -0.3 is 25.1 Å². The number of hydrogen-bond donors (Lipinski definition) is 3. The Morgan fingerprint density at radius 3 is 2.91 bits per heavy atom. The number of fused-ring (bicyclic) bond motifs is 2. The number of anilines is 1. The van der Waals surface area contributed by atoms with Gasteiger partial charge in [-0.1, -0.05) is 18.2 Å². The van der Waals surface area contributed by atoms with Crippen LogP contribution in [0.1, 0.15) is 28.9 Å². The van der Waals surface area contributed by atoms with Crippen LogP contribution in [-0.2, 0) is 22.6 Å². The topological polar surface area (TPSA) is 125 Å². The molecule has 9 nitrogen and oxygen atoms in total. The predicted molar refractivity (Wildman–Crippen MR) is 127 cm³/mol. The van der Waals surface area contributed by atoms with Crippen molar-refractivity contribution in [3.8, 4) is 0 Å². The Balaban J connectivity index is 1.40. The third kappa shape index (κ3) is 5.09. The number of carbonyl (C=O) groups excluding carboxylic acids is 2. The number of furan rings is 1. The number of likely N-dealkylation sites (N-methyl/N-ethyl adjacent to an activating group) is 1. The van der Waals surface area contributed by atoms with E-state index < -0.39 is 6.09 Å². The van der Waals surface area contributed by atoms with Crippen molar-refractivity contribution in [1.29, 1.82) is 0 Å². The van der Waals surface area contributed by atoms with Gasteiger partial charge in [-0.3, -0.25) is 9.59 Å². The number of rotatable bonds is 7. The van der Waals surface area contributed by atoms with Gasteiger partial charge in [-0.05, 0) is 49.1 Å². The summed E-state index contributed by atoms with van der Waals surface area (Å²) < 4.78 is 5.90. The monoisotopic (exact) mass is 462 g/mol. The highest BCUT2D eigenvalue weighted by Gasteiger charge is 2.27. The Labute approximate surface area is 196 Å². The molecule has 3 heterocycles. The van der Waals surface area contributed by atoms with Gasteiger partial charge in [-0.15, -0.1) is 0 Å². The number of benzene rings is 1. The van der Waals surface area contributed by atoms with Crippen LogP contribution in [0.25, 0.3) is 17.0 Å². The van der Waals surface area contributed by atoms with E-state index in [9.17, 15) is 14.4 Å². The molecule has 1 aromatic carbocycles. The average molecular weight is 463 g/mol. The number of carbonyl (C=O) groups is 3. The molecule has 0 saturated carbocycles. The summed E-state index contributed by atoms with van der Waals surface area (Å²) in [5.41, 5.74) is 3.41. The first-order valence-electron chi connectivity index (χ1n) is 11.0. The van der Waals surface area contributed by atoms with Crippen LogP contribution >= 0.6 is 0 Å². The summed E-state index contributed by atoms with van der Waals surface area (Å²) in [5, 5.41) is 14.8. The summed E-state index contributed by atoms with van der Waals surface area (Å²) in [5.74, 6) is 0.547. The molecule has 34 heavy (non-hydrogen) atoms. The molecule has 3 aromatic rings. The summed E-state index contributed by atoms with van der Waals surface area (Å²) in [6.07, 6.45) is 4.50. The fourth-order valence-corrected chi connectivity index (χ4v) is 4.02. The number of carboxylic acid groups (broad SMARTS) is 1. The molecule has 1 unspecified atom stereocenters. The van der Waals surface area contributed by atoms with E-state index >= 15 is 0 Å². The van der Waals surface area contributed by atoms with Crippen LogP contribution in [-0.4, -0.2) is 46.5 Å². The number of pyridine rings is 1. The maximum Gasteiger partial charge on any atom is 0.404 e. The zero-order valence-electron chi connectivity index (χ0n) is 19.0. The Morgan fingerprint density at radius 1 is 1.35 bits per heavy atom. The zero-order chi connectivity index (χ0) is 24.2. The van der Waals surface area contributed by atoms with E-state index in [0.29, 0.717) is 25.2 Å². The van der Waals surface area contributed by atoms with Gasteiger partial charge in [0.05, 0.1) is 6.54 Å². The molecule has 1 atom stereocenters. The highest BCUT2D eigenvalue weighted by Crippen LogP contribution is 2.27. The van der Waals surface area contributed by atoms with Crippen molar-refractivity contribution in [3.63, 3.8) is 0 Å². The largest absolute Gasteiger partial charge is 0.465 e. The number of aromatic nitrogens is 1. The molecular weight excluding hydrogens is 436 g/mol. The van der Waals surface area contributed by atoms with Crippen molar-refractivity contribution < 1.29 is 23.9 Å². The molecule has 1 aliphatic heterocycles. The Hall–Kier alpha value is -4.14. The third-order valence-electron chi connectivity index (χ3n) is 5.95. The van der Waals surface area contributed by atoms with E-state index in [0.717, 1.165) is 33.4 Å². The van der Waals surface area contributed by atoms with Gasteiger partial charge in [-0.2, -0.15) is 0 Å². The maximum absolute atomic E-state index is 12.7. The fraction of sp³-hybridized carbons (Fsp3) is 0.280. The van der Waals surface area contributed by atoms with Crippen molar-refractivity contribution in [2.45, 2.75) is 26.3 Å². The predicted octanol–water partition coefficient (Wildman–Crippen LogP) is 3.58. The van der Waals surface area contributed by atoms with E-state index in [1.165, 1.54) is 6.08 Å². The molecule has 3 amide bonds. The lowest BCUT2D eigenvalue weighted by Gasteiger charge is -2.24. The van der Waals surface area contributed by atoms with Gasteiger partial charge >= 0.3 is 6.09 Å². The van der Waals surface area contributed by atoms with Crippen LogP contribution in [0, 0.1) is 12.8 Å². The second-order valence-corrected chi connectivity index (χ2v) is 8.36. The van der Waals surface area contributed by atoms with Gasteiger partial charge in [0, 0.05) is 42.7 Å². The van der Waals surface area contributed by atoms with Crippen LogP contribution in [0.3, 0.4) is 0 Å². The molecule has 0 radical (unpaired) electrons.